The van der Waals surface area contributed by atoms with Gasteiger partial charge < -0.3 is 10.4 Å². The number of nitrogens with one attached hydrogen (secondary N) is 1. The third-order valence-corrected chi connectivity index (χ3v) is 4.53. The average Bonchev–Trinajstić information content (AvgIpc) is 2.69. The second-order valence-corrected chi connectivity index (χ2v) is 6.48. The Hall–Kier alpha value is -3.54. The van der Waals surface area contributed by atoms with Crippen LogP contribution in [0.15, 0.2) is 66.9 Å². The summed E-state index contributed by atoms with van der Waals surface area (Å²) in [6.45, 7) is 1.84. The molecule has 0 saturated heterocycles. The molecule has 2 aromatic carbocycles. The highest BCUT2D eigenvalue weighted by Crippen LogP contribution is 2.36. The molecule has 140 valence electrons. The zero-order chi connectivity index (χ0) is 19.7. The molecule has 4 nitrogen and oxygen atoms in total. The first-order valence-electron chi connectivity index (χ1n) is 8.74. The summed E-state index contributed by atoms with van der Waals surface area (Å²) in [5.41, 5.74) is 2.40. The van der Waals surface area contributed by atoms with Crippen molar-refractivity contribution in [1.29, 1.82) is 0 Å². The summed E-state index contributed by atoms with van der Waals surface area (Å²) in [5, 5.41) is 14.7. The van der Waals surface area contributed by atoms with Gasteiger partial charge in [0.05, 0.1) is 17.4 Å². The molecule has 1 unspecified atom stereocenters. The molecule has 0 fully saturated rings. The van der Waals surface area contributed by atoms with Crippen molar-refractivity contribution in [3.8, 4) is 5.75 Å². The summed E-state index contributed by atoms with van der Waals surface area (Å²) in [5.74, 6) is -1.40. The molecule has 0 bridgehead atoms. The molecular formula is C22H17F2N3O. The van der Waals surface area contributed by atoms with Crippen molar-refractivity contribution in [2.24, 2.45) is 0 Å². The molecule has 0 saturated carbocycles. The zero-order valence-corrected chi connectivity index (χ0v) is 15.0. The van der Waals surface area contributed by atoms with Crippen LogP contribution in [0.25, 0.3) is 10.9 Å². The van der Waals surface area contributed by atoms with Gasteiger partial charge >= 0.3 is 0 Å². The second-order valence-electron chi connectivity index (χ2n) is 6.48. The molecule has 0 radical (unpaired) electrons. The number of anilines is 1. The van der Waals surface area contributed by atoms with E-state index < -0.39 is 17.7 Å². The lowest BCUT2D eigenvalue weighted by Gasteiger charge is -2.22. The molecule has 2 heterocycles. The summed E-state index contributed by atoms with van der Waals surface area (Å²) in [7, 11) is 0. The minimum absolute atomic E-state index is 0.00753. The highest BCUT2D eigenvalue weighted by atomic mass is 19.1. The maximum Gasteiger partial charge on any atom is 0.149 e. The molecule has 0 aliphatic carbocycles. The largest absolute Gasteiger partial charge is 0.505 e. The first kappa shape index (κ1) is 17.9. The van der Waals surface area contributed by atoms with Gasteiger partial charge in [0.25, 0.3) is 0 Å². The molecule has 4 rings (SSSR count). The van der Waals surface area contributed by atoms with Crippen LogP contribution in [0.2, 0.25) is 0 Å². The SMILES string of the molecule is Cc1ccc2ccc(C(Nc3ccc(F)cc3F)c3ccccn3)c(O)c2n1. The Labute approximate surface area is 160 Å². The molecule has 2 aromatic heterocycles. The number of phenols is 1. The summed E-state index contributed by atoms with van der Waals surface area (Å²) in [4.78, 5) is 8.77. The Kier molecular flexibility index (Phi) is 4.61. The second kappa shape index (κ2) is 7.23. The first-order chi connectivity index (χ1) is 13.5. The number of benzene rings is 2. The van der Waals surface area contributed by atoms with E-state index in [1.54, 1.807) is 30.5 Å². The van der Waals surface area contributed by atoms with Gasteiger partial charge in [0.15, 0.2) is 0 Å². The van der Waals surface area contributed by atoms with Gasteiger partial charge in [0.1, 0.15) is 22.9 Å². The van der Waals surface area contributed by atoms with Crippen LogP contribution >= 0.6 is 0 Å². The molecule has 0 spiro atoms. The third-order valence-electron chi connectivity index (χ3n) is 4.53. The van der Waals surface area contributed by atoms with E-state index in [0.717, 1.165) is 17.1 Å². The van der Waals surface area contributed by atoms with Crippen molar-refractivity contribution >= 4 is 16.6 Å². The highest BCUT2D eigenvalue weighted by molar-refractivity contribution is 5.86. The van der Waals surface area contributed by atoms with E-state index in [1.165, 1.54) is 12.1 Å². The Morgan fingerprint density at radius 1 is 1.00 bits per heavy atom. The van der Waals surface area contributed by atoms with Crippen LogP contribution < -0.4 is 5.32 Å². The van der Waals surface area contributed by atoms with Crippen LogP contribution in [-0.2, 0) is 0 Å². The number of phenolic OH excluding ortho intramolecular Hbond substituents is 1. The van der Waals surface area contributed by atoms with Crippen LogP contribution in [0.4, 0.5) is 14.5 Å². The van der Waals surface area contributed by atoms with E-state index in [2.05, 4.69) is 15.3 Å². The van der Waals surface area contributed by atoms with E-state index >= 15 is 0 Å². The lowest BCUT2D eigenvalue weighted by atomic mass is 9.99. The molecule has 6 heteroatoms. The van der Waals surface area contributed by atoms with E-state index in [-0.39, 0.29) is 11.4 Å². The lowest BCUT2D eigenvalue weighted by molar-refractivity contribution is 0.471. The number of fused-ring (bicyclic) bond motifs is 1. The highest BCUT2D eigenvalue weighted by Gasteiger charge is 2.22. The summed E-state index contributed by atoms with van der Waals surface area (Å²) >= 11 is 0. The lowest BCUT2D eigenvalue weighted by Crippen LogP contribution is -2.15. The average molecular weight is 377 g/mol. The maximum atomic E-state index is 14.3. The van der Waals surface area contributed by atoms with Crippen molar-refractivity contribution < 1.29 is 13.9 Å². The topological polar surface area (TPSA) is 58.0 Å². The zero-order valence-electron chi connectivity index (χ0n) is 15.0. The van der Waals surface area contributed by atoms with Crippen molar-refractivity contribution in [3.05, 3.63) is 95.4 Å². The fourth-order valence-corrected chi connectivity index (χ4v) is 3.14. The van der Waals surface area contributed by atoms with Crippen molar-refractivity contribution in [2.75, 3.05) is 5.32 Å². The van der Waals surface area contributed by atoms with E-state index in [1.807, 2.05) is 25.1 Å². The fraction of sp³-hybridized carbons (Fsp3) is 0.0909. The monoisotopic (exact) mass is 377 g/mol. The minimum atomic E-state index is -0.727. The van der Waals surface area contributed by atoms with Crippen LogP contribution in [0.5, 0.6) is 5.75 Å². The standard InChI is InChI=1S/C22H17F2N3O/c1-13-5-6-14-7-9-16(22(28)20(14)26-13)21(19-4-2-3-11-25-19)27-18-10-8-15(23)12-17(18)24/h2-12,21,27-28H,1H3. The summed E-state index contributed by atoms with van der Waals surface area (Å²) < 4.78 is 27.5. The maximum absolute atomic E-state index is 14.3. The first-order valence-corrected chi connectivity index (χ1v) is 8.74. The van der Waals surface area contributed by atoms with Crippen molar-refractivity contribution in [2.45, 2.75) is 13.0 Å². The van der Waals surface area contributed by atoms with Gasteiger partial charge in [-0.05, 0) is 37.3 Å². The van der Waals surface area contributed by atoms with Gasteiger partial charge in [-0.2, -0.15) is 0 Å². The minimum Gasteiger partial charge on any atom is -0.505 e. The molecule has 0 aliphatic rings. The van der Waals surface area contributed by atoms with Crippen LogP contribution in [-0.4, -0.2) is 15.1 Å². The normalized spacial score (nSPS) is 12.1. The summed E-state index contributed by atoms with van der Waals surface area (Å²) in [6.07, 6.45) is 1.62. The number of rotatable bonds is 4. The van der Waals surface area contributed by atoms with Crippen LogP contribution in [0.3, 0.4) is 0 Å². The quantitative estimate of drug-likeness (QED) is 0.518. The Balaban J connectivity index is 1.86. The molecule has 0 aliphatic heterocycles. The summed E-state index contributed by atoms with van der Waals surface area (Å²) in [6, 6.07) is 15.3. The number of halogens is 2. The van der Waals surface area contributed by atoms with Gasteiger partial charge in [-0.15, -0.1) is 0 Å². The fourth-order valence-electron chi connectivity index (χ4n) is 3.14. The van der Waals surface area contributed by atoms with Gasteiger partial charge in [0, 0.05) is 28.9 Å². The number of nitrogens with zero attached hydrogens (tertiary/aromatic N) is 2. The number of hydrogen-bond acceptors (Lipinski definition) is 4. The Morgan fingerprint density at radius 2 is 1.82 bits per heavy atom. The van der Waals surface area contributed by atoms with Gasteiger partial charge in [-0.25, -0.2) is 13.8 Å². The Morgan fingerprint density at radius 3 is 2.57 bits per heavy atom. The predicted molar refractivity (Wildman–Crippen MR) is 104 cm³/mol. The van der Waals surface area contributed by atoms with E-state index in [0.29, 0.717) is 16.8 Å². The Bertz CT molecular complexity index is 1150. The van der Waals surface area contributed by atoms with Crippen LogP contribution in [0, 0.1) is 18.6 Å². The molecular weight excluding hydrogens is 360 g/mol. The molecule has 2 N–H and O–H groups in total. The van der Waals surface area contributed by atoms with Gasteiger partial charge in [-0.3, -0.25) is 4.98 Å². The molecule has 4 aromatic rings. The van der Waals surface area contributed by atoms with Crippen molar-refractivity contribution in [1.82, 2.24) is 9.97 Å². The third kappa shape index (κ3) is 3.36. The predicted octanol–water partition coefficient (Wildman–Crippen LogP) is 5.12. The molecule has 1 atom stereocenters. The number of pyridine rings is 2. The van der Waals surface area contributed by atoms with Gasteiger partial charge in [0.2, 0.25) is 0 Å². The number of hydrogen-bond donors (Lipinski definition) is 2. The van der Waals surface area contributed by atoms with Crippen molar-refractivity contribution in [3.63, 3.8) is 0 Å². The van der Waals surface area contributed by atoms with E-state index in [4.69, 9.17) is 0 Å². The number of aryl methyl sites for hydroxylation is 1. The van der Waals surface area contributed by atoms with Crippen LogP contribution in [0.1, 0.15) is 23.0 Å². The number of aromatic nitrogens is 2. The molecule has 28 heavy (non-hydrogen) atoms. The van der Waals surface area contributed by atoms with E-state index in [9.17, 15) is 13.9 Å². The molecule has 0 amide bonds. The van der Waals surface area contributed by atoms with Gasteiger partial charge in [-0.1, -0.05) is 24.3 Å². The smallest absolute Gasteiger partial charge is 0.149 e. The number of aromatic hydroxyl groups is 1.